The molecular formula is C28H39F3N2O4. The average Bonchev–Trinajstić information content (AvgIpc) is 2.75. The van der Waals surface area contributed by atoms with Crippen molar-refractivity contribution < 1.29 is 32.5 Å². The van der Waals surface area contributed by atoms with Crippen molar-refractivity contribution in [3.63, 3.8) is 0 Å². The van der Waals surface area contributed by atoms with Crippen LogP contribution in [-0.2, 0) is 16.5 Å². The molecule has 0 aliphatic heterocycles. The van der Waals surface area contributed by atoms with Gasteiger partial charge in [0.25, 0.3) is 0 Å². The molecule has 1 aliphatic rings. The Kier molecular flexibility index (Phi) is 8.08. The predicted molar refractivity (Wildman–Crippen MR) is 136 cm³/mol. The lowest BCUT2D eigenvalue weighted by Crippen LogP contribution is -2.41. The Hall–Kier alpha value is -2.55. The van der Waals surface area contributed by atoms with Gasteiger partial charge in [0.05, 0.1) is 23.9 Å². The number of hydrogen-bond acceptors (Lipinski definition) is 5. The lowest BCUT2D eigenvalue weighted by Gasteiger charge is -2.37. The Morgan fingerprint density at radius 3 is 2.16 bits per heavy atom. The number of carbonyl (C=O) groups excluding carboxylic acids is 1. The number of hydrogen-bond donors (Lipinski definition) is 2. The third-order valence-electron chi connectivity index (χ3n) is 6.84. The topological polar surface area (TPSA) is 80.7 Å². The first-order valence-corrected chi connectivity index (χ1v) is 12.7. The van der Waals surface area contributed by atoms with Crippen LogP contribution in [0.4, 0.5) is 18.0 Å². The Morgan fingerprint density at radius 2 is 1.62 bits per heavy atom. The summed E-state index contributed by atoms with van der Waals surface area (Å²) in [5.41, 5.74) is -2.85. The van der Waals surface area contributed by atoms with E-state index < -0.39 is 29.0 Å². The number of alkyl halides is 3. The van der Waals surface area contributed by atoms with E-state index in [4.69, 9.17) is 9.47 Å². The molecule has 1 amide bonds. The molecule has 1 heterocycles. The van der Waals surface area contributed by atoms with Crippen molar-refractivity contribution in [3.8, 4) is 5.75 Å². The molecule has 1 saturated carbocycles. The molecule has 0 radical (unpaired) electrons. The Labute approximate surface area is 216 Å². The molecule has 1 aromatic heterocycles. The number of fused-ring (bicyclic) bond motifs is 1. The number of pyridine rings is 1. The van der Waals surface area contributed by atoms with Gasteiger partial charge >= 0.3 is 12.3 Å². The number of aliphatic hydroxyl groups is 1. The Morgan fingerprint density at radius 1 is 1.00 bits per heavy atom. The van der Waals surface area contributed by atoms with Crippen LogP contribution in [0.1, 0.15) is 85.4 Å². The molecule has 6 nitrogen and oxygen atoms in total. The first-order valence-electron chi connectivity index (χ1n) is 12.7. The molecule has 0 bridgehead atoms. The molecule has 1 fully saturated rings. The van der Waals surface area contributed by atoms with E-state index in [1.807, 2.05) is 0 Å². The minimum absolute atomic E-state index is 0.0751. The minimum atomic E-state index is -4.65. The molecule has 3 rings (SSSR count). The fourth-order valence-electron chi connectivity index (χ4n) is 4.75. The van der Waals surface area contributed by atoms with Gasteiger partial charge in [0.15, 0.2) is 0 Å². The smallest absolute Gasteiger partial charge is 0.420 e. The summed E-state index contributed by atoms with van der Waals surface area (Å²) in [5, 5.41) is 13.3. The normalized spacial score (nSPS) is 20.8. The van der Waals surface area contributed by atoms with E-state index >= 15 is 0 Å². The second-order valence-electron chi connectivity index (χ2n) is 12.3. The van der Waals surface area contributed by atoms with Crippen molar-refractivity contribution in [1.82, 2.24) is 10.3 Å². The number of rotatable bonds is 5. The van der Waals surface area contributed by atoms with Gasteiger partial charge in [-0.1, -0.05) is 26.8 Å². The van der Waals surface area contributed by atoms with Crippen molar-refractivity contribution in [2.45, 2.75) is 97.6 Å². The van der Waals surface area contributed by atoms with E-state index in [2.05, 4.69) is 31.1 Å². The second kappa shape index (κ2) is 10.3. The average molecular weight is 525 g/mol. The van der Waals surface area contributed by atoms with Crippen LogP contribution in [-0.4, -0.2) is 34.4 Å². The Balaban J connectivity index is 1.83. The minimum Gasteiger partial charge on any atom is -0.490 e. The first kappa shape index (κ1) is 29.0. The van der Waals surface area contributed by atoms with Gasteiger partial charge in [-0.25, -0.2) is 9.78 Å². The summed E-state index contributed by atoms with van der Waals surface area (Å²) in [7, 11) is 0. The maximum absolute atomic E-state index is 14.2. The number of amides is 1. The number of aromatic nitrogens is 1. The van der Waals surface area contributed by atoms with Crippen LogP contribution in [0.5, 0.6) is 5.75 Å². The Bertz CT molecular complexity index is 1110. The summed E-state index contributed by atoms with van der Waals surface area (Å²) in [6.45, 7) is 12.9. The molecule has 1 atom stereocenters. The first-order chi connectivity index (χ1) is 16.9. The van der Waals surface area contributed by atoms with Crippen LogP contribution < -0.4 is 10.1 Å². The number of halogens is 3. The molecule has 37 heavy (non-hydrogen) atoms. The summed E-state index contributed by atoms with van der Waals surface area (Å²) in [5.74, 6) is 0.318. The van der Waals surface area contributed by atoms with Crippen LogP contribution in [0.25, 0.3) is 10.9 Å². The van der Waals surface area contributed by atoms with Crippen LogP contribution in [0.3, 0.4) is 0 Å². The molecule has 1 aromatic carbocycles. The number of benzene rings is 1. The van der Waals surface area contributed by atoms with E-state index in [1.54, 1.807) is 20.8 Å². The van der Waals surface area contributed by atoms with Crippen LogP contribution in [0, 0.1) is 11.3 Å². The molecule has 206 valence electrons. The molecular weight excluding hydrogens is 485 g/mol. The SMILES string of the molecule is CC(C)(C)OC(=O)NCC(C)(O)c1ccc2c(C(F)(F)F)c(OC3CCC(C(C)(C)C)CC3)ccc2n1. The largest absolute Gasteiger partial charge is 0.490 e. The zero-order valence-electron chi connectivity index (χ0n) is 22.8. The van der Waals surface area contributed by atoms with Gasteiger partial charge < -0.3 is 19.9 Å². The maximum Gasteiger partial charge on any atom is 0.420 e. The molecule has 9 heteroatoms. The van der Waals surface area contributed by atoms with Crippen molar-refractivity contribution >= 4 is 17.0 Å². The van der Waals surface area contributed by atoms with Crippen LogP contribution >= 0.6 is 0 Å². The van der Waals surface area contributed by atoms with E-state index in [0.29, 0.717) is 18.8 Å². The fraction of sp³-hybridized carbons (Fsp3) is 0.643. The monoisotopic (exact) mass is 524 g/mol. The zero-order valence-corrected chi connectivity index (χ0v) is 22.8. The molecule has 0 saturated heterocycles. The summed E-state index contributed by atoms with van der Waals surface area (Å²) < 4.78 is 53.7. The lowest BCUT2D eigenvalue weighted by molar-refractivity contribution is -0.138. The summed E-state index contributed by atoms with van der Waals surface area (Å²) in [4.78, 5) is 16.3. The number of alkyl carbamates (subject to hydrolysis) is 1. The van der Waals surface area contributed by atoms with Crippen LogP contribution in [0.2, 0.25) is 0 Å². The highest BCUT2D eigenvalue weighted by atomic mass is 19.4. The number of nitrogens with zero attached hydrogens (tertiary/aromatic N) is 1. The van der Waals surface area contributed by atoms with Gasteiger partial charge in [0.1, 0.15) is 22.5 Å². The van der Waals surface area contributed by atoms with Crippen molar-refractivity contribution in [2.75, 3.05) is 6.54 Å². The molecule has 2 N–H and O–H groups in total. The highest BCUT2D eigenvalue weighted by molar-refractivity contribution is 5.85. The fourth-order valence-corrected chi connectivity index (χ4v) is 4.75. The predicted octanol–water partition coefficient (Wildman–Crippen LogP) is 6.97. The van der Waals surface area contributed by atoms with Gasteiger partial charge in [0, 0.05) is 5.39 Å². The lowest BCUT2D eigenvalue weighted by atomic mass is 9.72. The van der Waals surface area contributed by atoms with Gasteiger partial charge in [-0.3, -0.25) is 0 Å². The van der Waals surface area contributed by atoms with Gasteiger partial charge in [-0.15, -0.1) is 0 Å². The van der Waals surface area contributed by atoms with Crippen molar-refractivity contribution in [1.29, 1.82) is 0 Å². The van der Waals surface area contributed by atoms with E-state index in [1.165, 1.54) is 31.2 Å². The highest BCUT2D eigenvalue weighted by Gasteiger charge is 2.39. The third kappa shape index (κ3) is 7.49. The summed E-state index contributed by atoms with van der Waals surface area (Å²) >= 11 is 0. The second-order valence-corrected chi connectivity index (χ2v) is 12.3. The van der Waals surface area contributed by atoms with E-state index in [9.17, 15) is 23.1 Å². The third-order valence-corrected chi connectivity index (χ3v) is 6.84. The zero-order chi connectivity index (χ0) is 27.8. The van der Waals surface area contributed by atoms with Gasteiger partial charge in [-0.05, 0) is 82.9 Å². The highest BCUT2D eigenvalue weighted by Crippen LogP contribution is 2.44. The summed E-state index contributed by atoms with van der Waals surface area (Å²) in [6.07, 6.45) is -2.39. The van der Waals surface area contributed by atoms with Crippen LogP contribution in [0.15, 0.2) is 24.3 Å². The van der Waals surface area contributed by atoms with E-state index in [0.717, 1.165) is 12.8 Å². The van der Waals surface area contributed by atoms with Gasteiger partial charge in [-0.2, -0.15) is 13.2 Å². The number of nitrogens with one attached hydrogen (secondary N) is 1. The van der Waals surface area contributed by atoms with E-state index in [-0.39, 0.29) is 40.4 Å². The quantitative estimate of drug-likeness (QED) is 0.442. The molecule has 1 aliphatic carbocycles. The van der Waals surface area contributed by atoms with Crippen molar-refractivity contribution in [2.24, 2.45) is 11.3 Å². The standard InChI is InChI=1S/C28H39F3N2O4/c1-25(2,3)17-8-10-18(11-9-17)36-21-14-13-20-19(23(21)28(29,30)31)12-15-22(33-20)27(7,35)16-32-24(34)37-26(4,5)6/h12-15,17-18,35H,8-11,16H2,1-7H3,(H,32,34). The summed E-state index contributed by atoms with van der Waals surface area (Å²) in [6, 6.07) is 5.42. The molecule has 2 aromatic rings. The van der Waals surface area contributed by atoms with Crippen molar-refractivity contribution in [3.05, 3.63) is 35.5 Å². The molecule has 1 unspecified atom stereocenters. The number of ether oxygens (including phenoxy) is 2. The molecule has 0 spiro atoms. The van der Waals surface area contributed by atoms with Gasteiger partial charge in [0.2, 0.25) is 0 Å². The maximum atomic E-state index is 14.2. The number of carbonyl (C=O) groups is 1.